The van der Waals surface area contributed by atoms with Crippen LogP contribution in [-0.2, 0) is 11.8 Å². The maximum Gasteiger partial charge on any atom is 0.165 e. The average molecular weight is 397 g/mol. The SMILES string of the molecule is Cc1nn(C)cc1/C=C1\CC2C3CCC4CC(O)CCC4(C)C3CCC2(C)C1=O. The minimum Gasteiger partial charge on any atom is -0.393 e. The number of hydrogen-bond acceptors (Lipinski definition) is 3. The molecule has 4 aliphatic carbocycles. The Balaban J connectivity index is 1.46. The van der Waals surface area contributed by atoms with Crippen molar-refractivity contribution in [2.75, 3.05) is 0 Å². The average Bonchev–Trinajstić information content (AvgIpc) is 3.12. The molecule has 4 nitrogen and oxygen atoms in total. The van der Waals surface area contributed by atoms with Gasteiger partial charge in [-0.15, -0.1) is 0 Å². The number of hydrogen-bond donors (Lipinski definition) is 1. The molecule has 7 atom stereocenters. The van der Waals surface area contributed by atoms with Crippen LogP contribution >= 0.6 is 0 Å². The lowest BCUT2D eigenvalue weighted by Gasteiger charge is -2.59. The highest BCUT2D eigenvalue weighted by molar-refractivity contribution is 6.06. The Labute approximate surface area is 174 Å². The van der Waals surface area contributed by atoms with Crippen LogP contribution in [0.2, 0.25) is 0 Å². The first-order chi connectivity index (χ1) is 13.7. The summed E-state index contributed by atoms with van der Waals surface area (Å²) >= 11 is 0. The van der Waals surface area contributed by atoms with E-state index in [-0.39, 0.29) is 11.5 Å². The minimum atomic E-state index is -0.180. The van der Waals surface area contributed by atoms with Gasteiger partial charge in [-0.2, -0.15) is 5.10 Å². The zero-order valence-corrected chi connectivity index (χ0v) is 18.4. The van der Waals surface area contributed by atoms with Crippen LogP contribution < -0.4 is 0 Å². The number of aromatic nitrogens is 2. The van der Waals surface area contributed by atoms with Crippen molar-refractivity contribution < 1.29 is 9.90 Å². The molecule has 1 heterocycles. The molecule has 29 heavy (non-hydrogen) atoms. The van der Waals surface area contributed by atoms with Crippen molar-refractivity contribution in [1.29, 1.82) is 0 Å². The summed E-state index contributed by atoms with van der Waals surface area (Å²) in [7, 11) is 1.94. The van der Waals surface area contributed by atoms with Crippen molar-refractivity contribution in [2.24, 2.45) is 41.5 Å². The van der Waals surface area contributed by atoms with Crippen molar-refractivity contribution in [3.63, 3.8) is 0 Å². The Hall–Kier alpha value is -1.42. The van der Waals surface area contributed by atoms with Gasteiger partial charge in [-0.1, -0.05) is 13.8 Å². The van der Waals surface area contributed by atoms with E-state index in [2.05, 4.69) is 25.0 Å². The predicted molar refractivity (Wildman–Crippen MR) is 114 cm³/mol. The van der Waals surface area contributed by atoms with Gasteiger partial charge in [0.2, 0.25) is 0 Å². The van der Waals surface area contributed by atoms with Crippen LogP contribution in [0.3, 0.4) is 0 Å². The summed E-state index contributed by atoms with van der Waals surface area (Å²) in [5.41, 5.74) is 3.30. The topological polar surface area (TPSA) is 55.1 Å². The normalized spacial score (nSPS) is 45.8. The van der Waals surface area contributed by atoms with E-state index in [9.17, 15) is 9.90 Å². The zero-order valence-electron chi connectivity index (χ0n) is 18.4. The van der Waals surface area contributed by atoms with Gasteiger partial charge in [-0.05, 0) is 99.0 Å². The van der Waals surface area contributed by atoms with Gasteiger partial charge < -0.3 is 5.11 Å². The first-order valence-corrected chi connectivity index (χ1v) is 11.7. The van der Waals surface area contributed by atoms with Crippen molar-refractivity contribution in [1.82, 2.24) is 9.78 Å². The van der Waals surface area contributed by atoms with Gasteiger partial charge in [0.25, 0.3) is 0 Å². The molecular weight excluding hydrogens is 360 g/mol. The van der Waals surface area contributed by atoms with E-state index in [0.29, 0.717) is 29.0 Å². The van der Waals surface area contributed by atoms with E-state index < -0.39 is 0 Å². The molecule has 0 radical (unpaired) electrons. The Bertz CT molecular complexity index is 870. The van der Waals surface area contributed by atoms with Crippen LogP contribution in [0, 0.1) is 41.4 Å². The third-order valence-corrected chi connectivity index (χ3v) is 9.66. The number of carbonyl (C=O) groups is 1. The standard InChI is InChI=1S/C25H36N2O2/c1-15-17(14-27(4)26-15)11-16-12-22-20-6-5-18-13-19(28)7-9-24(18,2)21(20)8-10-25(22,3)23(16)29/h11,14,18-22,28H,5-10,12-13H2,1-4H3/b16-11+. The Morgan fingerprint density at radius 3 is 2.69 bits per heavy atom. The summed E-state index contributed by atoms with van der Waals surface area (Å²) in [6, 6.07) is 0. The summed E-state index contributed by atoms with van der Waals surface area (Å²) in [5, 5.41) is 14.7. The molecule has 1 aromatic rings. The van der Waals surface area contributed by atoms with Crippen LogP contribution in [0.1, 0.15) is 76.5 Å². The second kappa shape index (κ2) is 6.54. The molecule has 1 N–H and O–H groups in total. The molecule has 0 amide bonds. The lowest BCUT2D eigenvalue weighted by Crippen LogP contribution is -2.54. The smallest absolute Gasteiger partial charge is 0.165 e. The van der Waals surface area contributed by atoms with Gasteiger partial charge in [-0.25, -0.2) is 0 Å². The number of carbonyl (C=O) groups excluding carboxylic acids is 1. The molecule has 4 heteroatoms. The summed E-state index contributed by atoms with van der Waals surface area (Å²) in [5.74, 6) is 2.94. The molecule has 158 valence electrons. The third kappa shape index (κ3) is 2.81. The van der Waals surface area contributed by atoms with E-state index >= 15 is 0 Å². The number of Topliss-reactive ketones (excluding diaryl/α,β-unsaturated/α-hetero) is 1. The summed E-state index contributed by atoms with van der Waals surface area (Å²) in [6.45, 7) is 6.79. The van der Waals surface area contributed by atoms with Gasteiger partial charge in [0.05, 0.1) is 11.8 Å². The summed E-state index contributed by atoms with van der Waals surface area (Å²) < 4.78 is 1.84. The molecule has 0 aromatic carbocycles. The lowest BCUT2D eigenvalue weighted by atomic mass is 9.45. The number of rotatable bonds is 1. The summed E-state index contributed by atoms with van der Waals surface area (Å²) in [4.78, 5) is 13.5. The van der Waals surface area contributed by atoms with E-state index in [1.165, 1.54) is 19.3 Å². The molecule has 1 aromatic heterocycles. The van der Waals surface area contributed by atoms with Crippen LogP contribution in [0.15, 0.2) is 11.8 Å². The number of fused-ring (bicyclic) bond motifs is 5. The fourth-order valence-corrected chi connectivity index (χ4v) is 7.98. The lowest BCUT2D eigenvalue weighted by molar-refractivity contribution is -0.141. The third-order valence-electron chi connectivity index (χ3n) is 9.66. The highest BCUT2D eigenvalue weighted by Gasteiger charge is 2.61. The second-order valence-electron chi connectivity index (χ2n) is 11.1. The van der Waals surface area contributed by atoms with Crippen LogP contribution in [0.5, 0.6) is 0 Å². The van der Waals surface area contributed by atoms with E-state index in [1.54, 1.807) is 0 Å². The first kappa shape index (κ1) is 19.5. The molecule has 0 saturated heterocycles. The molecule has 5 rings (SSSR count). The van der Waals surface area contributed by atoms with E-state index in [1.807, 2.05) is 24.9 Å². The van der Waals surface area contributed by atoms with Crippen molar-refractivity contribution in [3.05, 3.63) is 23.0 Å². The molecular formula is C25H36N2O2. The maximum absolute atomic E-state index is 13.5. The van der Waals surface area contributed by atoms with Gasteiger partial charge in [0.15, 0.2) is 5.78 Å². The van der Waals surface area contributed by atoms with Gasteiger partial charge in [-0.3, -0.25) is 9.48 Å². The van der Waals surface area contributed by atoms with Crippen molar-refractivity contribution in [3.8, 4) is 0 Å². The monoisotopic (exact) mass is 396 g/mol. The van der Waals surface area contributed by atoms with Crippen molar-refractivity contribution in [2.45, 2.75) is 78.2 Å². The van der Waals surface area contributed by atoms with E-state index in [4.69, 9.17) is 0 Å². The number of allylic oxidation sites excluding steroid dienone is 1. The first-order valence-electron chi connectivity index (χ1n) is 11.7. The molecule has 0 spiro atoms. The number of aryl methyl sites for hydroxylation is 2. The Morgan fingerprint density at radius 2 is 1.97 bits per heavy atom. The number of ketones is 1. The highest BCUT2D eigenvalue weighted by atomic mass is 16.3. The molecule has 4 saturated carbocycles. The molecule has 0 aliphatic heterocycles. The largest absolute Gasteiger partial charge is 0.393 e. The number of aliphatic hydroxyl groups is 1. The van der Waals surface area contributed by atoms with Crippen LogP contribution in [-0.4, -0.2) is 26.8 Å². The van der Waals surface area contributed by atoms with Crippen molar-refractivity contribution >= 4 is 11.9 Å². The number of nitrogens with zero attached hydrogens (tertiary/aromatic N) is 2. The quantitative estimate of drug-likeness (QED) is 0.701. The van der Waals surface area contributed by atoms with E-state index in [0.717, 1.165) is 54.9 Å². The predicted octanol–water partition coefficient (Wildman–Crippen LogP) is 4.69. The molecule has 4 fully saturated rings. The highest BCUT2D eigenvalue weighted by Crippen LogP contribution is 2.66. The second-order valence-corrected chi connectivity index (χ2v) is 11.1. The van der Waals surface area contributed by atoms with Crippen LogP contribution in [0.25, 0.3) is 6.08 Å². The Kier molecular flexibility index (Phi) is 4.40. The van der Waals surface area contributed by atoms with Gasteiger partial charge in [0.1, 0.15) is 0 Å². The Morgan fingerprint density at radius 1 is 1.17 bits per heavy atom. The fourth-order valence-electron chi connectivity index (χ4n) is 7.98. The fraction of sp³-hybridized carbons (Fsp3) is 0.760. The summed E-state index contributed by atoms with van der Waals surface area (Å²) in [6.07, 6.45) is 12.8. The molecule has 0 bridgehead atoms. The zero-order chi connectivity index (χ0) is 20.6. The van der Waals surface area contributed by atoms with Gasteiger partial charge >= 0.3 is 0 Å². The number of aliphatic hydroxyl groups excluding tert-OH is 1. The maximum atomic E-state index is 13.5. The minimum absolute atomic E-state index is 0.0937. The molecule has 7 unspecified atom stereocenters. The molecule has 4 aliphatic rings. The van der Waals surface area contributed by atoms with Crippen LogP contribution in [0.4, 0.5) is 0 Å². The van der Waals surface area contributed by atoms with Gasteiger partial charge in [0, 0.05) is 24.2 Å².